The quantitative estimate of drug-likeness (QED) is 0.808. The molecule has 1 fully saturated rings. The third-order valence-electron chi connectivity index (χ3n) is 4.91. The molecule has 2 unspecified atom stereocenters. The lowest BCUT2D eigenvalue weighted by atomic mass is 9.81. The summed E-state index contributed by atoms with van der Waals surface area (Å²) in [6, 6.07) is 2.37. The van der Waals surface area contributed by atoms with Crippen LogP contribution < -0.4 is 16.0 Å². The zero-order valence-corrected chi connectivity index (χ0v) is 16.0. The van der Waals surface area contributed by atoms with Gasteiger partial charge in [0.2, 0.25) is 5.91 Å². The third-order valence-corrected chi connectivity index (χ3v) is 4.91. The second-order valence-corrected chi connectivity index (χ2v) is 7.97. The lowest BCUT2D eigenvalue weighted by Crippen LogP contribution is -2.58. The van der Waals surface area contributed by atoms with E-state index in [4.69, 9.17) is 5.73 Å². The highest BCUT2D eigenvalue weighted by Crippen LogP contribution is 2.35. The Morgan fingerprint density at radius 2 is 2.00 bits per heavy atom. The third kappa shape index (κ3) is 4.40. The fraction of sp³-hybridized carbons (Fsp3) is 0.474. The number of hydrogen-bond donors (Lipinski definition) is 2. The van der Waals surface area contributed by atoms with Crippen molar-refractivity contribution in [1.29, 1.82) is 5.26 Å². The first kappa shape index (κ1) is 20.8. The van der Waals surface area contributed by atoms with Crippen molar-refractivity contribution in [3.8, 4) is 6.07 Å². The van der Waals surface area contributed by atoms with Crippen molar-refractivity contribution < 1.29 is 18.0 Å². The number of nitrogens with two attached hydrogens (primary N) is 1. The van der Waals surface area contributed by atoms with Gasteiger partial charge in [-0.05, 0) is 24.0 Å². The summed E-state index contributed by atoms with van der Waals surface area (Å²) in [5, 5.41) is 11.7. The summed E-state index contributed by atoms with van der Waals surface area (Å²) in [6.07, 6.45) is -1.29. The number of piperidine rings is 1. The summed E-state index contributed by atoms with van der Waals surface area (Å²) in [5.74, 6) is -1.25. The number of nitriles is 1. The van der Waals surface area contributed by atoms with Crippen molar-refractivity contribution in [2.75, 3.05) is 18.0 Å². The van der Waals surface area contributed by atoms with Crippen LogP contribution in [0.25, 0.3) is 11.0 Å². The summed E-state index contributed by atoms with van der Waals surface area (Å²) in [6.45, 7) is 4.83. The predicted molar refractivity (Wildman–Crippen MR) is 101 cm³/mol. The zero-order valence-electron chi connectivity index (χ0n) is 16.0. The molecule has 2 heterocycles. The Kier molecular flexibility index (Phi) is 5.36. The molecule has 1 aromatic heterocycles. The normalized spacial score (nSPS) is 20.2. The number of anilines is 1. The van der Waals surface area contributed by atoms with Crippen LogP contribution in [0.3, 0.4) is 0 Å². The lowest BCUT2D eigenvalue weighted by Gasteiger charge is -2.44. The first-order chi connectivity index (χ1) is 13.5. The van der Waals surface area contributed by atoms with Gasteiger partial charge in [0, 0.05) is 31.5 Å². The molecule has 2 aromatic rings. The van der Waals surface area contributed by atoms with Gasteiger partial charge in [-0.25, -0.2) is 0 Å². The number of fused-ring (bicyclic) bond motifs is 1. The number of halogens is 3. The van der Waals surface area contributed by atoms with E-state index in [1.165, 1.54) is 12.4 Å². The SMILES string of the molecule is CC1(C)CC(NC(=O)C(N)C(F)(F)F)CN(c2ccc(C#N)c3nccnc23)C1. The molecule has 10 heteroatoms. The standard InChI is InChI=1S/C19H21F3N6O/c1-18(2)7-12(27-17(29)16(24)19(20,21)22)9-28(10-18)13-4-3-11(8-23)14-15(13)26-6-5-25-14/h3-6,12,16H,7,9-10,24H2,1-2H3,(H,27,29). The predicted octanol–water partition coefficient (Wildman–Crippen LogP) is 2.11. The Hall–Kier alpha value is -2.93. The number of hydrogen-bond acceptors (Lipinski definition) is 6. The highest BCUT2D eigenvalue weighted by Gasteiger charge is 2.43. The maximum atomic E-state index is 12.8. The number of rotatable bonds is 3. The molecule has 1 aliphatic rings. The molecule has 29 heavy (non-hydrogen) atoms. The van der Waals surface area contributed by atoms with Gasteiger partial charge in [-0.1, -0.05) is 13.8 Å². The largest absolute Gasteiger partial charge is 0.412 e. The minimum absolute atomic E-state index is 0.289. The molecule has 154 valence electrons. The van der Waals surface area contributed by atoms with Gasteiger partial charge in [0.1, 0.15) is 17.1 Å². The lowest BCUT2D eigenvalue weighted by molar-refractivity contribution is -0.163. The highest BCUT2D eigenvalue weighted by molar-refractivity contribution is 5.92. The topological polar surface area (TPSA) is 108 Å². The first-order valence-electron chi connectivity index (χ1n) is 9.03. The Morgan fingerprint density at radius 3 is 2.62 bits per heavy atom. The first-order valence-corrected chi connectivity index (χ1v) is 9.03. The summed E-state index contributed by atoms with van der Waals surface area (Å²) < 4.78 is 38.3. The number of alkyl halides is 3. The van der Waals surface area contributed by atoms with E-state index < -0.39 is 24.2 Å². The van der Waals surface area contributed by atoms with E-state index in [2.05, 4.69) is 21.4 Å². The molecule has 1 aliphatic heterocycles. The van der Waals surface area contributed by atoms with Gasteiger partial charge in [-0.15, -0.1) is 0 Å². The fourth-order valence-electron chi connectivity index (χ4n) is 3.75. The molecule has 0 saturated carbocycles. The molecule has 1 aromatic carbocycles. The van der Waals surface area contributed by atoms with Crippen molar-refractivity contribution in [2.45, 2.75) is 38.5 Å². The van der Waals surface area contributed by atoms with E-state index in [0.29, 0.717) is 35.2 Å². The molecule has 3 rings (SSSR count). The summed E-state index contributed by atoms with van der Waals surface area (Å²) in [4.78, 5) is 22.5. The molecule has 2 atom stereocenters. The number of carbonyl (C=O) groups excluding carboxylic acids is 1. The molecule has 1 saturated heterocycles. The summed E-state index contributed by atoms with van der Waals surface area (Å²) in [5.41, 5.74) is 6.82. The Balaban J connectivity index is 1.90. The molecule has 3 N–H and O–H groups in total. The van der Waals surface area contributed by atoms with Gasteiger partial charge in [0.15, 0.2) is 6.04 Å². The minimum Gasteiger partial charge on any atom is -0.367 e. The van der Waals surface area contributed by atoms with Crippen molar-refractivity contribution in [3.63, 3.8) is 0 Å². The molecule has 1 amide bonds. The van der Waals surface area contributed by atoms with Crippen LogP contribution in [0.4, 0.5) is 18.9 Å². The van der Waals surface area contributed by atoms with E-state index in [1.54, 1.807) is 12.1 Å². The fourth-order valence-corrected chi connectivity index (χ4v) is 3.75. The number of nitrogens with one attached hydrogen (secondary N) is 1. The summed E-state index contributed by atoms with van der Waals surface area (Å²) >= 11 is 0. The van der Waals surface area contributed by atoms with Gasteiger partial charge >= 0.3 is 6.18 Å². The average Bonchev–Trinajstić information content (AvgIpc) is 2.64. The van der Waals surface area contributed by atoms with E-state index in [0.717, 1.165) is 0 Å². The molecule has 0 aliphatic carbocycles. The average molecular weight is 406 g/mol. The van der Waals surface area contributed by atoms with Crippen LogP contribution in [0.15, 0.2) is 24.5 Å². The van der Waals surface area contributed by atoms with E-state index >= 15 is 0 Å². The van der Waals surface area contributed by atoms with Crippen LogP contribution in [0, 0.1) is 16.7 Å². The van der Waals surface area contributed by atoms with Crippen molar-refractivity contribution in [2.24, 2.45) is 11.1 Å². The number of nitrogens with zero attached hydrogens (tertiary/aromatic N) is 4. The smallest absolute Gasteiger partial charge is 0.367 e. The monoisotopic (exact) mass is 406 g/mol. The van der Waals surface area contributed by atoms with Gasteiger partial charge in [-0.2, -0.15) is 18.4 Å². The molecular formula is C19H21F3N6O. The van der Waals surface area contributed by atoms with Gasteiger partial charge in [-0.3, -0.25) is 14.8 Å². The van der Waals surface area contributed by atoms with Crippen LogP contribution >= 0.6 is 0 Å². The Bertz CT molecular complexity index is 969. The molecule has 7 nitrogen and oxygen atoms in total. The van der Waals surface area contributed by atoms with E-state index in [-0.39, 0.29) is 12.0 Å². The molecule has 0 radical (unpaired) electrons. The maximum absolute atomic E-state index is 12.8. The highest BCUT2D eigenvalue weighted by atomic mass is 19.4. The van der Waals surface area contributed by atoms with E-state index in [1.807, 2.05) is 18.7 Å². The van der Waals surface area contributed by atoms with Crippen LogP contribution in [-0.4, -0.2) is 47.2 Å². The Morgan fingerprint density at radius 1 is 1.34 bits per heavy atom. The van der Waals surface area contributed by atoms with Crippen LogP contribution in [0.1, 0.15) is 25.8 Å². The van der Waals surface area contributed by atoms with Crippen LogP contribution in [0.5, 0.6) is 0 Å². The van der Waals surface area contributed by atoms with Crippen LogP contribution in [0.2, 0.25) is 0 Å². The van der Waals surface area contributed by atoms with E-state index in [9.17, 15) is 23.2 Å². The number of amides is 1. The molecule has 0 bridgehead atoms. The van der Waals surface area contributed by atoms with Gasteiger partial charge < -0.3 is 16.0 Å². The van der Waals surface area contributed by atoms with Crippen molar-refractivity contribution in [3.05, 3.63) is 30.1 Å². The number of aromatic nitrogens is 2. The second-order valence-electron chi connectivity index (χ2n) is 7.97. The van der Waals surface area contributed by atoms with Crippen molar-refractivity contribution >= 4 is 22.6 Å². The maximum Gasteiger partial charge on any atom is 0.412 e. The van der Waals surface area contributed by atoms with Crippen LogP contribution in [-0.2, 0) is 4.79 Å². The number of carbonyl (C=O) groups is 1. The van der Waals surface area contributed by atoms with Gasteiger partial charge in [0.25, 0.3) is 0 Å². The Labute approximate surface area is 165 Å². The molecule has 0 spiro atoms. The molecular weight excluding hydrogens is 385 g/mol. The van der Waals surface area contributed by atoms with Crippen molar-refractivity contribution in [1.82, 2.24) is 15.3 Å². The minimum atomic E-state index is -4.80. The zero-order chi connectivity index (χ0) is 21.4. The summed E-state index contributed by atoms with van der Waals surface area (Å²) in [7, 11) is 0. The number of benzene rings is 1. The second kappa shape index (κ2) is 7.48. The van der Waals surface area contributed by atoms with Gasteiger partial charge in [0.05, 0.1) is 11.3 Å².